The van der Waals surface area contributed by atoms with Gasteiger partial charge in [0.05, 0.1) is 24.2 Å². The minimum atomic E-state index is -3.25. The number of aromatic nitrogens is 1. The highest BCUT2D eigenvalue weighted by molar-refractivity contribution is 7.92. The number of thiazole rings is 1. The molecule has 0 fully saturated rings. The van der Waals surface area contributed by atoms with E-state index in [1.807, 2.05) is 24.4 Å². The Labute approximate surface area is 141 Å². The van der Waals surface area contributed by atoms with Gasteiger partial charge in [-0.15, -0.1) is 11.3 Å². The van der Waals surface area contributed by atoms with Crippen molar-refractivity contribution in [3.05, 3.63) is 29.6 Å². The van der Waals surface area contributed by atoms with E-state index in [0.717, 1.165) is 16.4 Å². The molecule has 2 aromatic rings. The number of methoxy groups -OCH3 is 1. The van der Waals surface area contributed by atoms with Crippen LogP contribution in [0, 0.1) is 0 Å². The maximum absolute atomic E-state index is 11.5. The van der Waals surface area contributed by atoms with E-state index in [9.17, 15) is 8.42 Å². The lowest BCUT2D eigenvalue weighted by Gasteiger charge is -2.16. The number of anilines is 2. The number of nitrogens with zero attached hydrogens (tertiary/aromatic N) is 2. The molecule has 1 N–H and O–H groups in total. The molecule has 1 aromatic heterocycles. The second-order valence-corrected chi connectivity index (χ2v) is 8.19. The van der Waals surface area contributed by atoms with Gasteiger partial charge in [-0.1, -0.05) is 12.1 Å². The fraction of sp³-hybridized carbons (Fsp3) is 0.400. The molecule has 0 spiro atoms. The largest absolute Gasteiger partial charge is 0.383 e. The zero-order valence-corrected chi connectivity index (χ0v) is 15.2. The van der Waals surface area contributed by atoms with Gasteiger partial charge in [-0.2, -0.15) is 0 Å². The van der Waals surface area contributed by atoms with Crippen molar-refractivity contribution in [3.8, 4) is 11.3 Å². The minimum absolute atomic E-state index is 0.185. The topological polar surface area (TPSA) is 71.5 Å². The van der Waals surface area contributed by atoms with E-state index < -0.39 is 10.0 Å². The van der Waals surface area contributed by atoms with Gasteiger partial charge in [0, 0.05) is 31.1 Å². The lowest BCUT2D eigenvalue weighted by molar-refractivity contribution is 0.190. The SMILES string of the molecule is COC[C@@H](C)Nc1nc(-c2ccc(N(C)S(C)(=O)=O)cc2)cs1. The molecule has 0 bridgehead atoms. The van der Waals surface area contributed by atoms with Crippen LogP contribution in [-0.2, 0) is 14.8 Å². The molecule has 1 heterocycles. The lowest BCUT2D eigenvalue weighted by atomic mass is 10.1. The van der Waals surface area contributed by atoms with Gasteiger partial charge in [-0.05, 0) is 19.1 Å². The first-order valence-corrected chi connectivity index (χ1v) is 9.79. The van der Waals surface area contributed by atoms with Crippen molar-refractivity contribution in [1.82, 2.24) is 4.98 Å². The zero-order valence-electron chi connectivity index (χ0n) is 13.6. The molecule has 0 unspecified atom stereocenters. The van der Waals surface area contributed by atoms with Gasteiger partial charge in [-0.3, -0.25) is 4.31 Å². The van der Waals surface area contributed by atoms with Crippen molar-refractivity contribution in [3.63, 3.8) is 0 Å². The van der Waals surface area contributed by atoms with E-state index in [1.54, 1.807) is 19.2 Å². The molecule has 0 saturated carbocycles. The zero-order chi connectivity index (χ0) is 17.0. The Morgan fingerprint density at radius 1 is 1.35 bits per heavy atom. The summed E-state index contributed by atoms with van der Waals surface area (Å²) in [7, 11) is -0.0490. The molecule has 126 valence electrons. The van der Waals surface area contributed by atoms with Crippen molar-refractivity contribution in [2.45, 2.75) is 13.0 Å². The highest BCUT2D eigenvalue weighted by atomic mass is 32.2. The summed E-state index contributed by atoms with van der Waals surface area (Å²) >= 11 is 1.53. The minimum Gasteiger partial charge on any atom is -0.383 e. The molecule has 0 saturated heterocycles. The average molecular weight is 355 g/mol. The van der Waals surface area contributed by atoms with Crippen molar-refractivity contribution >= 4 is 32.2 Å². The molecule has 0 aliphatic heterocycles. The van der Waals surface area contributed by atoms with Gasteiger partial charge in [0.15, 0.2) is 5.13 Å². The van der Waals surface area contributed by atoms with Crippen LogP contribution in [0.3, 0.4) is 0 Å². The number of rotatable bonds is 7. The predicted octanol–water partition coefficient (Wildman–Crippen LogP) is 2.65. The van der Waals surface area contributed by atoms with Gasteiger partial charge in [0.25, 0.3) is 0 Å². The molecule has 2 rings (SSSR count). The Bertz CT molecular complexity index is 742. The molecule has 1 aromatic carbocycles. The van der Waals surface area contributed by atoms with Gasteiger partial charge >= 0.3 is 0 Å². The fourth-order valence-electron chi connectivity index (χ4n) is 2.01. The first-order valence-electron chi connectivity index (χ1n) is 7.06. The third-order valence-electron chi connectivity index (χ3n) is 3.31. The van der Waals surface area contributed by atoms with Crippen molar-refractivity contribution in [2.24, 2.45) is 0 Å². The first kappa shape index (κ1) is 17.7. The van der Waals surface area contributed by atoms with Crippen LogP contribution in [0.4, 0.5) is 10.8 Å². The van der Waals surface area contributed by atoms with Crippen LogP contribution in [0.25, 0.3) is 11.3 Å². The summed E-state index contributed by atoms with van der Waals surface area (Å²) in [6.45, 7) is 2.64. The van der Waals surface area contributed by atoms with Crippen LogP contribution in [0.2, 0.25) is 0 Å². The highest BCUT2D eigenvalue weighted by Gasteiger charge is 2.12. The quantitative estimate of drug-likeness (QED) is 0.827. The van der Waals surface area contributed by atoms with E-state index in [0.29, 0.717) is 12.3 Å². The monoisotopic (exact) mass is 355 g/mol. The molecule has 1 atom stereocenters. The molecule has 0 amide bonds. The Morgan fingerprint density at radius 2 is 2.00 bits per heavy atom. The average Bonchev–Trinajstić information content (AvgIpc) is 2.94. The molecule has 0 aliphatic rings. The fourth-order valence-corrected chi connectivity index (χ4v) is 3.35. The number of ether oxygens (including phenoxy) is 1. The summed E-state index contributed by atoms with van der Waals surface area (Å²) in [5, 5.41) is 6.08. The summed E-state index contributed by atoms with van der Waals surface area (Å²) in [6, 6.07) is 7.47. The van der Waals surface area contributed by atoms with Crippen LogP contribution in [0.1, 0.15) is 6.92 Å². The number of hydrogen-bond acceptors (Lipinski definition) is 6. The van der Waals surface area contributed by atoms with E-state index in [1.165, 1.54) is 28.9 Å². The Balaban J connectivity index is 2.13. The molecular weight excluding hydrogens is 334 g/mol. The summed E-state index contributed by atoms with van der Waals surface area (Å²) in [4.78, 5) is 4.55. The van der Waals surface area contributed by atoms with E-state index in [-0.39, 0.29) is 6.04 Å². The third kappa shape index (κ3) is 4.66. The van der Waals surface area contributed by atoms with Gasteiger partial charge in [0.2, 0.25) is 10.0 Å². The second-order valence-electron chi connectivity index (χ2n) is 5.32. The number of benzene rings is 1. The maximum Gasteiger partial charge on any atom is 0.231 e. The maximum atomic E-state index is 11.5. The Morgan fingerprint density at radius 3 is 2.57 bits per heavy atom. The van der Waals surface area contributed by atoms with Gasteiger partial charge in [0.1, 0.15) is 0 Å². The van der Waals surface area contributed by atoms with E-state index in [2.05, 4.69) is 10.3 Å². The number of nitrogens with one attached hydrogen (secondary N) is 1. The van der Waals surface area contributed by atoms with Crippen LogP contribution in [0.15, 0.2) is 29.6 Å². The second kappa shape index (κ2) is 7.29. The number of hydrogen-bond donors (Lipinski definition) is 1. The van der Waals surface area contributed by atoms with Gasteiger partial charge < -0.3 is 10.1 Å². The number of sulfonamides is 1. The molecular formula is C15H21N3O3S2. The lowest BCUT2D eigenvalue weighted by Crippen LogP contribution is -2.24. The molecule has 0 radical (unpaired) electrons. The summed E-state index contributed by atoms with van der Waals surface area (Å²) in [5.74, 6) is 0. The first-order chi connectivity index (χ1) is 10.8. The van der Waals surface area contributed by atoms with E-state index in [4.69, 9.17) is 4.74 Å². The Kier molecular flexibility index (Phi) is 5.61. The summed E-state index contributed by atoms with van der Waals surface area (Å²) in [6.07, 6.45) is 1.18. The van der Waals surface area contributed by atoms with Gasteiger partial charge in [-0.25, -0.2) is 13.4 Å². The highest BCUT2D eigenvalue weighted by Crippen LogP contribution is 2.27. The van der Waals surface area contributed by atoms with Crippen molar-refractivity contribution in [1.29, 1.82) is 0 Å². The molecule has 23 heavy (non-hydrogen) atoms. The molecule has 8 heteroatoms. The summed E-state index contributed by atoms with van der Waals surface area (Å²) < 4.78 is 29.4. The van der Waals surface area contributed by atoms with Crippen LogP contribution in [0.5, 0.6) is 0 Å². The van der Waals surface area contributed by atoms with Crippen molar-refractivity contribution < 1.29 is 13.2 Å². The van der Waals surface area contributed by atoms with Crippen LogP contribution < -0.4 is 9.62 Å². The van der Waals surface area contributed by atoms with Crippen LogP contribution >= 0.6 is 11.3 Å². The molecule has 0 aliphatic carbocycles. The predicted molar refractivity (Wildman–Crippen MR) is 95.8 cm³/mol. The summed E-state index contributed by atoms with van der Waals surface area (Å²) in [5.41, 5.74) is 2.42. The standard InChI is InChI=1S/C15H21N3O3S2/c1-11(9-21-3)16-15-17-14(10-22-15)12-5-7-13(8-6-12)18(2)23(4,19)20/h5-8,10-11H,9H2,1-4H3,(H,16,17)/t11-/m1/s1. The smallest absolute Gasteiger partial charge is 0.231 e. The van der Waals surface area contributed by atoms with Crippen LogP contribution in [-0.4, -0.2) is 46.5 Å². The normalized spacial score (nSPS) is 12.9. The Hall–Kier alpha value is -1.64. The van der Waals surface area contributed by atoms with Crippen molar-refractivity contribution in [2.75, 3.05) is 36.6 Å². The molecule has 6 nitrogen and oxygen atoms in total. The third-order valence-corrected chi connectivity index (χ3v) is 5.29. The van der Waals surface area contributed by atoms with E-state index >= 15 is 0 Å².